The molecule has 0 aliphatic heterocycles. The van der Waals surface area contributed by atoms with Crippen molar-refractivity contribution in [3.05, 3.63) is 64.6 Å². The molecule has 19 heavy (non-hydrogen) atoms. The zero-order valence-corrected chi connectivity index (χ0v) is 14.2. The molecule has 0 unspecified atom stereocenters. The van der Waals surface area contributed by atoms with Crippen LogP contribution in [0.2, 0.25) is 0 Å². The van der Waals surface area contributed by atoms with Crippen LogP contribution in [0.5, 0.6) is 0 Å². The van der Waals surface area contributed by atoms with Crippen molar-refractivity contribution in [3.8, 4) is 0 Å². The summed E-state index contributed by atoms with van der Waals surface area (Å²) in [4.78, 5) is 4.34. The van der Waals surface area contributed by atoms with Gasteiger partial charge in [0.25, 0.3) is 0 Å². The van der Waals surface area contributed by atoms with Crippen LogP contribution in [0.15, 0.2) is 64.1 Å². The van der Waals surface area contributed by atoms with E-state index in [4.69, 9.17) is 5.73 Å². The quantitative estimate of drug-likeness (QED) is 0.586. The van der Waals surface area contributed by atoms with Crippen LogP contribution in [0.4, 0.5) is 5.69 Å². The number of thioether (sulfide) groups is 1. The van der Waals surface area contributed by atoms with Crippen LogP contribution in [0.25, 0.3) is 0 Å². The van der Waals surface area contributed by atoms with Crippen molar-refractivity contribution in [1.82, 2.24) is 0 Å². The van der Waals surface area contributed by atoms with Gasteiger partial charge in [0, 0.05) is 10.2 Å². The van der Waals surface area contributed by atoms with Crippen molar-refractivity contribution in [3.63, 3.8) is 0 Å². The maximum absolute atomic E-state index is 5.89. The summed E-state index contributed by atoms with van der Waals surface area (Å²) < 4.78 is 1.09. The molecular formula is C14H14Br2N2S. The third-order valence-corrected chi connectivity index (χ3v) is 3.69. The molecule has 0 amide bonds. The Morgan fingerprint density at radius 2 is 1.68 bits per heavy atom. The zero-order chi connectivity index (χ0) is 12.8. The first-order chi connectivity index (χ1) is 8.74. The Kier molecular flexibility index (Phi) is 7.20. The molecule has 0 spiro atoms. The number of rotatable bonds is 3. The molecule has 0 fully saturated rings. The van der Waals surface area contributed by atoms with Gasteiger partial charge in [0.1, 0.15) is 0 Å². The zero-order valence-electron chi connectivity index (χ0n) is 10.1. The highest BCUT2D eigenvalue weighted by Crippen LogP contribution is 2.18. The monoisotopic (exact) mass is 400 g/mol. The van der Waals surface area contributed by atoms with Crippen molar-refractivity contribution >= 4 is 55.5 Å². The first-order valence-electron chi connectivity index (χ1n) is 5.50. The molecule has 2 N–H and O–H groups in total. The fraction of sp³-hybridized carbons (Fsp3) is 0.0714. The Morgan fingerprint density at radius 3 is 2.32 bits per heavy atom. The highest BCUT2D eigenvalue weighted by atomic mass is 79.9. The number of nitrogens with two attached hydrogens (primary N) is 1. The number of nitrogens with zero attached hydrogens (tertiary/aromatic N) is 1. The van der Waals surface area contributed by atoms with Gasteiger partial charge in [0.15, 0.2) is 5.17 Å². The van der Waals surface area contributed by atoms with Crippen LogP contribution in [-0.2, 0) is 5.75 Å². The number of hydrogen-bond acceptors (Lipinski definition) is 2. The van der Waals surface area contributed by atoms with Gasteiger partial charge >= 0.3 is 0 Å². The van der Waals surface area contributed by atoms with Gasteiger partial charge in [-0.05, 0) is 29.8 Å². The van der Waals surface area contributed by atoms with E-state index in [-0.39, 0.29) is 17.0 Å². The first kappa shape index (κ1) is 16.3. The standard InChI is InChI=1S/C14H13BrN2S.BrH/c15-12-8-6-11(7-9-12)10-18-14(16)17-13-4-2-1-3-5-13;/h1-9H,10H2,(H2,16,17);1H. The molecule has 2 aromatic carbocycles. The summed E-state index contributed by atoms with van der Waals surface area (Å²) in [5.74, 6) is 0.829. The minimum atomic E-state index is 0. The molecule has 0 bridgehead atoms. The van der Waals surface area contributed by atoms with E-state index in [0.717, 1.165) is 15.9 Å². The van der Waals surface area contributed by atoms with Crippen LogP contribution >= 0.6 is 44.7 Å². The van der Waals surface area contributed by atoms with Crippen LogP contribution in [0.1, 0.15) is 5.56 Å². The lowest BCUT2D eigenvalue weighted by molar-refractivity contribution is 1.41. The van der Waals surface area contributed by atoms with Gasteiger partial charge in [0.05, 0.1) is 5.69 Å². The SMILES string of the molecule is Br.NC(=Nc1ccccc1)SCc1ccc(Br)cc1. The minimum absolute atomic E-state index is 0. The Labute approximate surface area is 136 Å². The molecule has 2 aromatic rings. The third-order valence-electron chi connectivity index (χ3n) is 2.30. The fourth-order valence-corrected chi connectivity index (χ4v) is 2.34. The molecule has 2 nitrogen and oxygen atoms in total. The second-order valence-electron chi connectivity index (χ2n) is 3.70. The molecular weight excluding hydrogens is 388 g/mol. The summed E-state index contributed by atoms with van der Waals surface area (Å²) in [6, 6.07) is 17.9. The molecule has 0 saturated heterocycles. The second kappa shape index (κ2) is 8.40. The molecule has 0 heterocycles. The smallest absolute Gasteiger partial charge is 0.159 e. The summed E-state index contributed by atoms with van der Waals surface area (Å²) in [6.07, 6.45) is 0. The van der Waals surface area contributed by atoms with Gasteiger partial charge in [-0.25, -0.2) is 4.99 Å². The van der Waals surface area contributed by atoms with Crippen molar-refractivity contribution in [2.24, 2.45) is 10.7 Å². The Morgan fingerprint density at radius 1 is 1.05 bits per heavy atom. The van der Waals surface area contributed by atoms with Gasteiger partial charge in [-0.3, -0.25) is 0 Å². The van der Waals surface area contributed by atoms with Crippen molar-refractivity contribution in [2.45, 2.75) is 5.75 Å². The van der Waals surface area contributed by atoms with Crippen LogP contribution < -0.4 is 5.73 Å². The van der Waals surface area contributed by atoms with Crippen LogP contribution in [0, 0.1) is 0 Å². The normalized spacial score (nSPS) is 10.9. The molecule has 0 radical (unpaired) electrons. The highest BCUT2D eigenvalue weighted by molar-refractivity contribution is 9.10. The van der Waals surface area contributed by atoms with E-state index in [0.29, 0.717) is 5.17 Å². The maximum Gasteiger partial charge on any atom is 0.159 e. The number of para-hydroxylation sites is 1. The second-order valence-corrected chi connectivity index (χ2v) is 5.61. The van der Waals surface area contributed by atoms with E-state index in [1.807, 2.05) is 42.5 Å². The summed E-state index contributed by atoms with van der Waals surface area (Å²) in [7, 11) is 0. The summed E-state index contributed by atoms with van der Waals surface area (Å²) in [6.45, 7) is 0. The van der Waals surface area contributed by atoms with E-state index in [2.05, 4.69) is 33.1 Å². The average Bonchev–Trinajstić information content (AvgIpc) is 2.39. The van der Waals surface area contributed by atoms with E-state index in [1.165, 1.54) is 5.56 Å². The van der Waals surface area contributed by atoms with Crippen LogP contribution in [-0.4, -0.2) is 5.17 Å². The lowest BCUT2D eigenvalue weighted by Gasteiger charge is -2.02. The van der Waals surface area contributed by atoms with Gasteiger partial charge in [-0.2, -0.15) is 0 Å². The molecule has 0 aromatic heterocycles. The fourth-order valence-electron chi connectivity index (χ4n) is 1.40. The van der Waals surface area contributed by atoms with E-state index in [1.54, 1.807) is 11.8 Å². The van der Waals surface area contributed by atoms with Gasteiger partial charge in [-0.1, -0.05) is 58.0 Å². The van der Waals surface area contributed by atoms with Gasteiger partial charge < -0.3 is 5.73 Å². The molecule has 100 valence electrons. The Hall–Kier alpha value is -0.780. The van der Waals surface area contributed by atoms with Crippen molar-refractivity contribution < 1.29 is 0 Å². The molecule has 2 rings (SSSR count). The molecule has 0 aliphatic carbocycles. The molecule has 5 heteroatoms. The Balaban J connectivity index is 0.00000180. The lowest BCUT2D eigenvalue weighted by Crippen LogP contribution is -2.06. The lowest BCUT2D eigenvalue weighted by atomic mass is 10.2. The average molecular weight is 402 g/mol. The number of hydrogen-bond donors (Lipinski definition) is 1. The van der Waals surface area contributed by atoms with Gasteiger partial charge in [0.2, 0.25) is 0 Å². The van der Waals surface area contributed by atoms with Crippen molar-refractivity contribution in [2.75, 3.05) is 0 Å². The summed E-state index contributed by atoms with van der Waals surface area (Å²) >= 11 is 4.96. The topological polar surface area (TPSA) is 38.4 Å². The van der Waals surface area contributed by atoms with Crippen molar-refractivity contribution in [1.29, 1.82) is 0 Å². The van der Waals surface area contributed by atoms with E-state index < -0.39 is 0 Å². The number of amidine groups is 1. The Bertz CT molecular complexity index is 527. The first-order valence-corrected chi connectivity index (χ1v) is 7.28. The summed E-state index contributed by atoms with van der Waals surface area (Å²) in [5, 5.41) is 0.587. The predicted molar refractivity (Wildman–Crippen MR) is 93.5 cm³/mol. The van der Waals surface area contributed by atoms with E-state index >= 15 is 0 Å². The third kappa shape index (κ3) is 5.80. The summed E-state index contributed by atoms with van der Waals surface area (Å²) in [5.41, 5.74) is 8.01. The predicted octanol–water partition coefficient (Wildman–Crippen LogP) is 4.91. The molecule has 0 aliphatic rings. The number of aliphatic imine (C=N–C) groups is 1. The molecule has 0 saturated carbocycles. The highest BCUT2D eigenvalue weighted by Gasteiger charge is 1.97. The van der Waals surface area contributed by atoms with Crippen LogP contribution in [0.3, 0.4) is 0 Å². The maximum atomic E-state index is 5.89. The van der Waals surface area contributed by atoms with E-state index in [9.17, 15) is 0 Å². The van der Waals surface area contributed by atoms with Gasteiger partial charge in [-0.15, -0.1) is 17.0 Å². The molecule has 0 atom stereocenters. The minimum Gasteiger partial charge on any atom is -0.378 e. The number of halogens is 2. The largest absolute Gasteiger partial charge is 0.378 e. The number of benzene rings is 2.